The first-order valence-corrected chi connectivity index (χ1v) is 8.32. The van der Waals surface area contributed by atoms with Crippen LogP contribution in [0.3, 0.4) is 0 Å². The van der Waals surface area contributed by atoms with Crippen LogP contribution in [0.1, 0.15) is 20.4 Å². The van der Waals surface area contributed by atoms with Gasteiger partial charge >= 0.3 is 12.6 Å². The Morgan fingerprint density at radius 3 is 2.62 bits per heavy atom. The van der Waals surface area contributed by atoms with E-state index in [1.165, 1.54) is 0 Å². The molecule has 3 amide bonds. The summed E-state index contributed by atoms with van der Waals surface area (Å²) in [6.07, 6.45) is 0. The third-order valence-electron chi connectivity index (χ3n) is 3.75. The Kier molecular flexibility index (Phi) is 4.20. The number of aromatic nitrogens is 2. The molecule has 3 rings (SSSR count). The molecule has 1 saturated heterocycles. The number of thioether (sulfide) groups is 1. The zero-order valence-electron chi connectivity index (χ0n) is 13.1. The Morgan fingerprint density at radius 1 is 1.29 bits per heavy atom. The fraction of sp³-hybridized carbons (Fsp3) is 0.400. The van der Waals surface area contributed by atoms with Gasteiger partial charge in [-0.2, -0.15) is 8.78 Å². The number of carbonyl (C=O) groups is 2. The number of carbonyl (C=O) groups excluding carboxylic acids is 2. The molecule has 0 saturated carbocycles. The maximum Gasteiger partial charge on any atom is 0.325 e. The van der Waals surface area contributed by atoms with Gasteiger partial charge in [0.1, 0.15) is 5.54 Å². The molecule has 1 aliphatic rings. The number of nitrogens with zero attached hydrogens (tertiary/aromatic N) is 3. The van der Waals surface area contributed by atoms with Crippen molar-refractivity contribution in [3.05, 3.63) is 24.3 Å². The summed E-state index contributed by atoms with van der Waals surface area (Å²) < 4.78 is 27.5. The first kappa shape index (κ1) is 16.7. The van der Waals surface area contributed by atoms with E-state index in [1.807, 2.05) is 0 Å². The number of benzene rings is 1. The number of urea groups is 1. The van der Waals surface area contributed by atoms with E-state index >= 15 is 0 Å². The van der Waals surface area contributed by atoms with E-state index in [0.717, 1.165) is 21.2 Å². The molecule has 2 heterocycles. The Balaban J connectivity index is 1.74. The predicted octanol–water partition coefficient (Wildman–Crippen LogP) is 2.85. The summed E-state index contributed by atoms with van der Waals surface area (Å²) >= 11 is 1.09. The van der Waals surface area contributed by atoms with Crippen molar-refractivity contribution in [3.63, 3.8) is 0 Å². The van der Waals surface area contributed by atoms with Gasteiger partial charge in [-0.25, -0.2) is 9.78 Å². The summed E-state index contributed by atoms with van der Waals surface area (Å²) in [5.74, 6) is -0.0406. The first-order chi connectivity index (χ1) is 11.3. The van der Waals surface area contributed by atoms with Crippen molar-refractivity contribution in [2.45, 2.75) is 31.1 Å². The molecule has 24 heavy (non-hydrogen) atoms. The quantitative estimate of drug-likeness (QED) is 0.662. The second kappa shape index (κ2) is 6.04. The largest absolute Gasteiger partial charge is 0.325 e. The fourth-order valence-corrected chi connectivity index (χ4v) is 3.50. The number of imidazole rings is 1. The van der Waals surface area contributed by atoms with Gasteiger partial charge < -0.3 is 5.32 Å². The van der Waals surface area contributed by atoms with Gasteiger partial charge in [0.25, 0.3) is 5.91 Å². The number of fused-ring (bicyclic) bond motifs is 1. The Morgan fingerprint density at radius 2 is 2.00 bits per heavy atom. The Hall–Kier alpha value is -2.16. The topological polar surface area (TPSA) is 67.2 Å². The number of hydrogen-bond acceptors (Lipinski definition) is 4. The molecule has 6 nitrogen and oxygen atoms in total. The van der Waals surface area contributed by atoms with Crippen molar-refractivity contribution < 1.29 is 18.4 Å². The van der Waals surface area contributed by atoms with Gasteiger partial charge in [0, 0.05) is 12.3 Å². The van der Waals surface area contributed by atoms with Gasteiger partial charge in [-0.15, -0.1) is 0 Å². The van der Waals surface area contributed by atoms with Crippen molar-refractivity contribution in [3.8, 4) is 0 Å². The fourth-order valence-electron chi connectivity index (χ4n) is 2.56. The highest BCUT2D eigenvalue weighted by atomic mass is 32.2. The molecule has 1 aliphatic heterocycles. The van der Waals surface area contributed by atoms with E-state index in [1.54, 1.807) is 38.1 Å². The number of nitrogens with one attached hydrogen (secondary N) is 1. The van der Waals surface area contributed by atoms with Gasteiger partial charge in [0.15, 0.2) is 5.16 Å². The first-order valence-electron chi connectivity index (χ1n) is 7.33. The molecule has 128 valence electrons. The highest BCUT2D eigenvalue weighted by Gasteiger charge is 2.43. The van der Waals surface area contributed by atoms with E-state index in [0.29, 0.717) is 11.0 Å². The van der Waals surface area contributed by atoms with Crippen LogP contribution in [-0.2, 0) is 4.79 Å². The van der Waals surface area contributed by atoms with E-state index < -0.39 is 18.1 Å². The van der Waals surface area contributed by atoms with Crippen LogP contribution in [0, 0.1) is 0 Å². The van der Waals surface area contributed by atoms with E-state index in [9.17, 15) is 18.4 Å². The molecule has 0 bridgehead atoms. The third-order valence-corrected chi connectivity index (χ3v) is 4.68. The van der Waals surface area contributed by atoms with Crippen LogP contribution in [0.2, 0.25) is 0 Å². The number of hydrogen-bond donors (Lipinski definition) is 1. The van der Waals surface area contributed by atoms with Crippen LogP contribution >= 0.6 is 11.8 Å². The highest BCUT2D eigenvalue weighted by molar-refractivity contribution is 7.99. The SMILES string of the molecule is CC1(C)NC(=O)N(CCSc2nc3ccccc3n2C(F)F)C1=O. The van der Waals surface area contributed by atoms with Crippen LogP contribution < -0.4 is 5.32 Å². The molecule has 1 fully saturated rings. The summed E-state index contributed by atoms with van der Waals surface area (Å²) in [4.78, 5) is 29.2. The number of rotatable bonds is 5. The smallest absolute Gasteiger partial charge is 0.324 e. The molecule has 0 radical (unpaired) electrons. The molecule has 0 atom stereocenters. The van der Waals surface area contributed by atoms with Crippen LogP contribution in [0.5, 0.6) is 0 Å². The zero-order chi connectivity index (χ0) is 17.5. The van der Waals surface area contributed by atoms with Crippen LogP contribution in [0.25, 0.3) is 11.0 Å². The number of alkyl halides is 2. The van der Waals surface area contributed by atoms with Crippen molar-refractivity contribution in [2.24, 2.45) is 0 Å². The monoisotopic (exact) mass is 354 g/mol. The van der Waals surface area contributed by atoms with Gasteiger partial charge in [0.2, 0.25) is 0 Å². The van der Waals surface area contributed by atoms with Crippen molar-refractivity contribution >= 4 is 34.7 Å². The maximum absolute atomic E-state index is 13.3. The number of halogens is 2. The lowest BCUT2D eigenvalue weighted by molar-refractivity contribution is -0.130. The summed E-state index contributed by atoms with van der Waals surface area (Å²) in [5.41, 5.74) is -0.0970. The van der Waals surface area contributed by atoms with Crippen LogP contribution in [0.15, 0.2) is 29.4 Å². The van der Waals surface area contributed by atoms with E-state index in [2.05, 4.69) is 10.3 Å². The van der Waals surface area contributed by atoms with Crippen molar-refractivity contribution in [1.82, 2.24) is 19.8 Å². The molecule has 0 spiro atoms. The molecule has 1 aromatic carbocycles. The average Bonchev–Trinajstić information content (AvgIpc) is 2.96. The minimum Gasteiger partial charge on any atom is -0.324 e. The highest BCUT2D eigenvalue weighted by Crippen LogP contribution is 2.29. The predicted molar refractivity (Wildman–Crippen MR) is 86.0 cm³/mol. The normalized spacial score (nSPS) is 17.1. The zero-order valence-corrected chi connectivity index (χ0v) is 13.9. The number of para-hydroxylation sites is 2. The Labute approximate surface area is 141 Å². The molecule has 1 N–H and O–H groups in total. The van der Waals surface area contributed by atoms with Crippen LogP contribution in [0.4, 0.5) is 13.6 Å². The second-order valence-electron chi connectivity index (χ2n) is 5.89. The molecule has 0 aliphatic carbocycles. The number of amides is 3. The molecule has 9 heteroatoms. The minimum absolute atomic E-state index is 0.130. The van der Waals surface area contributed by atoms with Gasteiger partial charge in [0.05, 0.1) is 11.0 Å². The van der Waals surface area contributed by atoms with E-state index in [-0.39, 0.29) is 23.4 Å². The van der Waals surface area contributed by atoms with Crippen molar-refractivity contribution in [1.29, 1.82) is 0 Å². The Bertz CT molecular complexity index is 806. The lowest BCUT2D eigenvalue weighted by Gasteiger charge is -2.15. The molecule has 1 aromatic heterocycles. The standard InChI is InChI=1S/C15H16F2N4O2S/c1-15(2)11(22)20(13(23)19-15)7-8-24-14-18-9-5-3-4-6-10(9)21(14)12(16)17/h3-6,12H,7-8H2,1-2H3,(H,19,23). The van der Waals surface area contributed by atoms with Crippen LogP contribution in [-0.4, -0.2) is 44.2 Å². The van der Waals surface area contributed by atoms with Gasteiger partial charge in [-0.3, -0.25) is 14.3 Å². The summed E-state index contributed by atoms with van der Waals surface area (Å²) in [6.45, 7) is 0.661. The number of imide groups is 1. The van der Waals surface area contributed by atoms with Crippen molar-refractivity contribution in [2.75, 3.05) is 12.3 Å². The second-order valence-corrected chi connectivity index (χ2v) is 6.95. The summed E-state index contributed by atoms with van der Waals surface area (Å²) in [5, 5.41) is 2.74. The van der Waals surface area contributed by atoms with Gasteiger partial charge in [-0.05, 0) is 26.0 Å². The van der Waals surface area contributed by atoms with Gasteiger partial charge in [-0.1, -0.05) is 23.9 Å². The molecular formula is C15H16F2N4O2S. The summed E-state index contributed by atoms with van der Waals surface area (Å²) in [6, 6.07) is 6.19. The maximum atomic E-state index is 13.3. The minimum atomic E-state index is -2.71. The lowest BCUT2D eigenvalue weighted by atomic mass is 10.1. The molecule has 0 unspecified atom stereocenters. The lowest BCUT2D eigenvalue weighted by Crippen LogP contribution is -2.40. The summed E-state index contributed by atoms with van der Waals surface area (Å²) in [7, 11) is 0. The van der Waals surface area contributed by atoms with E-state index in [4.69, 9.17) is 0 Å². The average molecular weight is 354 g/mol. The molecular weight excluding hydrogens is 338 g/mol. The third kappa shape index (κ3) is 2.83. The molecule has 2 aromatic rings.